The Morgan fingerprint density at radius 2 is 1.69 bits per heavy atom. The van der Waals surface area contributed by atoms with Gasteiger partial charge in [0.15, 0.2) is 6.10 Å². The predicted octanol–water partition coefficient (Wildman–Crippen LogP) is 2.29. The number of carboxylic acids is 1. The Kier molecular flexibility index (Phi) is 6.70. The second-order valence-electron chi connectivity index (χ2n) is 9.13. The van der Waals surface area contributed by atoms with Crippen LogP contribution in [0.4, 0.5) is 4.79 Å². The van der Waals surface area contributed by atoms with Gasteiger partial charge in [0, 0.05) is 19.1 Å². The number of fused-ring (bicyclic) bond motifs is 3. The van der Waals surface area contributed by atoms with Gasteiger partial charge in [-0.3, -0.25) is 4.79 Å². The Balaban J connectivity index is 1.08. The summed E-state index contributed by atoms with van der Waals surface area (Å²) in [5.74, 6) is -1.76. The molecule has 0 bridgehead atoms. The first-order chi connectivity index (χ1) is 17.0. The van der Waals surface area contributed by atoms with E-state index in [9.17, 15) is 19.5 Å². The Morgan fingerprint density at radius 1 is 1.00 bits per heavy atom. The zero-order valence-electron chi connectivity index (χ0n) is 19.1. The number of aliphatic carboxylic acids is 1. The highest BCUT2D eigenvalue weighted by Gasteiger charge is 2.38. The van der Waals surface area contributed by atoms with Gasteiger partial charge in [0.1, 0.15) is 6.61 Å². The average molecular weight is 481 g/mol. The molecule has 2 aliphatic heterocycles. The number of rotatable bonds is 7. The summed E-state index contributed by atoms with van der Waals surface area (Å²) in [5.41, 5.74) is 4.62. The molecule has 1 aliphatic carbocycles. The average Bonchev–Trinajstić information content (AvgIpc) is 3.59. The summed E-state index contributed by atoms with van der Waals surface area (Å²) >= 11 is 0. The minimum Gasteiger partial charge on any atom is -0.479 e. The normalized spacial score (nSPS) is 25.0. The Labute approximate surface area is 202 Å². The van der Waals surface area contributed by atoms with Gasteiger partial charge in [-0.25, -0.2) is 9.59 Å². The van der Waals surface area contributed by atoms with Crippen molar-refractivity contribution in [1.29, 1.82) is 0 Å². The van der Waals surface area contributed by atoms with Crippen molar-refractivity contribution in [2.24, 2.45) is 5.92 Å². The topological polar surface area (TPSA) is 123 Å². The lowest BCUT2D eigenvalue weighted by molar-refractivity contribution is -0.148. The molecule has 2 fully saturated rings. The molecule has 0 aromatic heterocycles. The molecule has 9 nitrogen and oxygen atoms in total. The Hall–Kier alpha value is -3.43. The highest BCUT2D eigenvalue weighted by Crippen LogP contribution is 2.44. The quantitative estimate of drug-likeness (QED) is 0.556. The third-order valence-corrected chi connectivity index (χ3v) is 6.93. The first-order valence-corrected chi connectivity index (χ1v) is 11.9. The van der Waals surface area contributed by atoms with E-state index in [4.69, 9.17) is 14.2 Å². The Bertz CT molecular complexity index is 1070. The molecule has 3 aliphatic rings. The van der Waals surface area contributed by atoms with Crippen LogP contribution in [0.15, 0.2) is 48.5 Å². The summed E-state index contributed by atoms with van der Waals surface area (Å²) in [6.45, 7) is 0.972. The standard InChI is InChI=1S/C26H28N2O7/c29-24(28-22-9-10-33-23(22)25(30)31)15-11-16(34-13-15)12-27-26(32)35-14-21-19-7-3-1-5-17(19)18-6-2-4-8-20(18)21/h1-8,15-16,21-23H,9-14H2,(H,27,32)(H,28,29)(H,30,31)/t15-,16-,22?,23?/m0/s1. The number of hydrogen-bond acceptors (Lipinski definition) is 6. The van der Waals surface area contributed by atoms with Crippen molar-refractivity contribution in [3.8, 4) is 11.1 Å². The molecule has 184 valence electrons. The molecule has 5 rings (SSSR count). The first-order valence-electron chi connectivity index (χ1n) is 11.9. The van der Waals surface area contributed by atoms with Gasteiger partial charge >= 0.3 is 12.1 Å². The predicted molar refractivity (Wildman–Crippen MR) is 125 cm³/mol. The van der Waals surface area contributed by atoms with Crippen LogP contribution in [0.1, 0.15) is 29.9 Å². The molecule has 2 saturated heterocycles. The summed E-state index contributed by atoms with van der Waals surface area (Å²) in [6, 6.07) is 15.7. The van der Waals surface area contributed by atoms with Crippen molar-refractivity contribution < 1.29 is 33.7 Å². The van der Waals surface area contributed by atoms with Crippen LogP contribution in [0, 0.1) is 5.92 Å². The first kappa shape index (κ1) is 23.3. The maximum Gasteiger partial charge on any atom is 0.407 e. The molecule has 2 unspecified atom stereocenters. The monoisotopic (exact) mass is 480 g/mol. The molecule has 2 aromatic carbocycles. The number of benzene rings is 2. The fourth-order valence-corrected chi connectivity index (χ4v) is 5.16. The van der Waals surface area contributed by atoms with Gasteiger partial charge in [-0.05, 0) is 35.1 Å². The zero-order chi connectivity index (χ0) is 24.4. The highest BCUT2D eigenvalue weighted by atomic mass is 16.5. The van der Waals surface area contributed by atoms with Crippen LogP contribution in [0.25, 0.3) is 11.1 Å². The highest BCUT2D eigenvalue weighted by molar-refractivity contribution is 5.81. The lowest BCUT2D eigenvalue weighted by Crippen LogP contribution is -2.46. The third kappa shape index (κ3) is 4.87. The second kappa shape index (κ2) is 10.1. The number of carbonyl (C=O) groups is 3. The minimum atomic E-state index is -1.08. The van der Waals surface area contributed by atoms with Crippen molar-refractivity contribution in [3.63, 3.8) is 0 Å². The largest absolute Gasteiger partial charge is 0.479 e. The molecule has 0 radical (unpaired) electrons. The maximum atomic E-state index is 12.6. The van der Waals surface area contributed by atoms with Crippen LogP contribution in [-0.2, 0) is 23.8 Å². The maximum absolute atomic E-state index is 12.6. The molecule has 3 N–H and O–H groups in total. The van der Waals surface area contributed by atoms with Crippen LogP contribution in [-0.4, -0.2) is 67.7 Å². The number of amides is 2. The van der Waals surface area contributed by atoms with Gasteiger partial charge in [-0.2, -0.15) is 0 Å². The van der Waals surface area contributed by atoms with E-state index in [0.717, 1.165) is 11.1 Å². The van der Waals surface area contributed by atoms with E-state index in [2.05, 4.69) is 34.9 Å². The Morgan fingerprint density at radius 3 is 2.37 bits per heavy atom. The number of nitrogens with one attached hydrogen (secondary N) is 2. The lowest BCUT2D eigenvalue weighted by Gasteiger charge is -2.18. The van der Waals surface area contributed by atoms with E-state index >= 15 is 0 Å². The van der Waals surface area contributed by atoms with Gasteiger partial charge in [-0.1, -0.05) is 48.5 Å². The van der Waals surface area contributed by atoms with E-state index in [0.29, 0.717) is 19.4 Å². The van der Waals surface area contributed by atoms with Crippen LogP contribution < -0.4 is 10.6 Å². The number of carbonyl (C=O) groups excluding carboxylic acids is 2. The molecular formula is C26H28N2O7. The summed E-state index contributed by atoms with van der Waals surface area (Å²) in [6.07, 6.45) is -0.978. The third-order valence-electron chi connectivity index (χ3n) is 6.93. The van der Waals surface area contributed by atoms with Crippen molar-refractivity contribution in [1.82, 2.24) is 10.6 Å². The van der Waals surface area contributed by atoms with Gasteiger partial charge in [-0.15, -0.1) is 0 Å². The van der Waals surface area contributed by atoms with Crippen LogP contribution in [0.2, 0.25) is 0 Å². The smallest absolute Gasteiger partial charge is 0.407 e. The summed E-state index contributed by atoms with van der Waals surface area (Å²) < 4.78 is 16.4. The number of ether oxygens (including phenoxy) is 3. The van der Waals surface area contributed by atoms with Gasteiger partial charge in [0.2, 0.25) is 5.91 Å². The molecule has 4 atom stereocenters. The van der Waals surface area contributed by atoms with Crippen molar-refractivity contribution >= 4 is 18.0 Å². The molecular weight excluding hydrogens is 452 g/mol. The SMILES string of the molecule is O=C(NC[C@@H]1C[C@H](C(=O)NC2CCOC2C(=O)O)CO1)OCC1c2ccccc2-c2ccccc21. The number of carboxylic acid groups (broad SMARTS) is 1. The van der Waals surface area contributed by atoms with Crippen molar-refractivity contribution in [2.75, 3.05) is 26.4 Å². The van der Waals surface area contributed by atoms with Gasteiger partial charge in [0.05, 0.1) is 24.7 Å². The summed E-state index contributed by atoms with van der Waals surface area (Å²) in [5, 5.41) is 14.7. The van der Waals surface area contributed by atoms with Crippen LogP contribution in [0.3, 0.4) is 0 Å². The van der Waals surface area contributed by atoms with Gasteiger partial charge < -0.3 is 30.0 Å². The minimum absolute atomic E-state index is 0.0156. The molecule has 2 amide bonds. The second-order valence-corrected chi connectivity index (χ2v) is 9.13. The van der Waals surface area contributed by atoms with E-state index in [1.807, 2.05) is 24.3 Å². The molecule has 0 saturated carbocycles. The van der Waals surface area contributed by atoms with E-state index < -0.39 is 30.1 Å². The van der Waals surface area contributed by atoms with Crippen LogP contribution >= 0.6 is 0 Å². The fourth-order valence-electron chi connectivity index (χ4n) is 5.16. The van der Waals surface area contributed by atoms with Gasteiger partial charge in [0.25, 0.3) is 0 Å². The van der Waals surface area contributed by atoms with Crippen LogP contribution in [0.5, 0.6) is 0 Å². The van der Waals surface area contributed by atoms with Crippen molar-refractivity contribution in [2.45, 2.75) is 37.0 Å². The fraction of sp³-hybridized carbons (Fsp3) is 0.423. The van der Waals surface area contributed by atoms with Crippen molar-refractivity contribution in [3.05, 3.63) is 59.7 Å². The van der Waals surface area contributed by atoms with E-state index in [1.54, 1.807) is 0 Å². The summed E-state index contributed by atoms with van der Waals surface area (Å²) in [7, 11) is 0. The lowest BCUT2D eigenvalue weighted by atomic mass is 9.98. The van der Waals surface area contributed by atoms with E-state index in [1.165, 1.54) is 11.1 Å². The number of hydrogen-bond donors (Lipinski definition) is 3. The molecule has 35 heavy (non-hydrogen) atoms. The molecule has 2 heterocycles. The zero-order valence-corrected chi connectivity index (χ0v) is 19.1. The molecule has 9 heteroatoms. The summed E-state index contributed by atoms with van der Waals surface area (Å²) in [4.78, 5) is 36.2. The van der Waals surface area contributed by atoms with E-state index in [-0.39, 0.29) is 37.7 Å². The molecule has 2 aromatic rings. The number of alkyl carbamates (subject to hydrolysis) is 1. The molecule has 0 spiro atoms.